The van der Waals surface area contributed by atoms with Gasteiger partial charge in [0.25, 0.3) is 0 Å². The molecule has 0 saturated carbocycles. The second-order valence-corrected chi connectivity index (χ2v) is 3.05. The van der Waals surface area contributed by atoms with Gasteiger partial charge in [0.2, 0.25) is 0 Å². The smallest absolute Gasteiger partial charge is 0.387 e. The van der Waals surface area contributed by atoms with Crippen LogP contribution in [0.2, 0.25) is 0 Å². The minimum atomic E-state index is -3.87. The third-order valence-electron chi connectivity index (χ3n) is 1.72. The van der Waals surface area contributed by atoms with Gasteiger partial charge in [-0.3, -0.25) is 0 Å². The molecule has 0 amide bonds. The lowest BCUT2D eigenvalue weighted by molar-refractivity contribution is -0.0498. The minimum Gasteiger partial charge on any atom is -0.435 e. The van der Waals surface area contributed by atoms with E-state index < -0.39 is 6.59 Å². The van der Waals surface area contributed by atoms with Gasteiger partial charge in [0, 0.05) is 0 Å². The van der Waals surface area contributed by atoms with Crippen LogP contribution in [0.5, 0.6) is 5.75 Å². The zero-order valence-corrected chi connectivity index (χ0v) is 7.55. The first-order valence-corrected chi connectivity index (χ1v) is 4.05. The fourth-order valence-corrected chi connectivity index (χ4v) is 1.03. The highest BCUT2D eigenvalue weighted by Gasteiger charge is 2.05. The van der Waals surface area contributed by atoms with Crippen molar-refractivity contribution in [3.05, 3.63) is 29.8 Å². The number of alkyl halides is 2. The number of benzene rings is 1. The molecule has 0 saturated heterocycles. The Labute approximate surface area is 77.7 Å². The van der Waals surface area contributed by atoms with Gasteiger partial charge in [0.15, 0.2) is 1.37 Å². The SMILES string of the molecule is [2H]C(F)(F)Oc1cccc(C(C)C)c1. The summed E-state index contributed by atoms with van der Waals surface area (Å²) in [6.45, 7) is 0.0471. The van der Waals surface area contributed by atoms with Crippen molar-refractivity contribution < 1.29 is 14.9 Å². The first-order chi connectivity index (χ1) is 6.38. The maximum Gasteiger partial charge on any atom is 0.387 e. The normalized spacial score (nSPS) is 12.8. The van der Waals surface area contributed by atoms with Crippen LogP contribution in [0.3, 0.4) is 0 Å². The summed E-state index contributed by atoms with van der Waals surface area (Å²) in [4.78, 5) is 0. The van der Waals surface area contributed by atoms with Crippen LogP contribution in [0.1, 0.15) is 26.7 Å². The number of rotatable bonds is 3. The van der Waals surface area contributed by atoms with Gasteiger partial charge in [0.05, 0.1) is 0 Å². The van der Waals surface area contributed by atoms with Gasteiger partial charge in [-0.2, -0.15) is 8.78 Å². The topological polar surface area (TPSA) is 9.23 Å². The number of halogens is 2. The van der Waals surface area contributed by atoms with Crippen LogP contribution in [-0.4, -0.2) is 6.59 Å². The van der Waals surface area contributed by atoms with Gasteiger partial charge in [-0.15, -0.1) is 0 Å². The molecule has 13 heavy (non-hydrogen) atoms. The molecule has 1 rings (SSSR count). The van der Waals surface area contributed by atoms with E-state index in [0.29, 0.717) is 0 Å². The Hall–Kier alpha value is -1.12. The second-order valence-electron chi connectivity index (χ2n) is 3.05. The van der Waals surface area contributed by atoms with Gasteiger partial charge in [-0.1, -0.05) is 26.0 Å². The van der Waals surface area contributed by atoms with Crippen LogP contribution in [0.4, 0.5) is 8.78 Å². The summed E-state index contributed by atoms with van der Waals surface area (Å²) < 4.78 is 34.8. The van der Waals surface area contributed by atoms with Crippen LogP contribution in [0, 0.1) is 0 Å². The predicted molar refractivity (Wildman–Crippen MR) is 47.2 cm³/mol. The molecule has 0 N–H and O–H groups in total. The van der Waals surface area contributed by atoms with Crippen LogP contribution < -0.4 is 4.74 Å². The van der Waals surface area contributed by atoms with Gasteiger partial charge < -0.3 is 4.74 Å². The summed E-state index contributed by atoms with van der Waals surface area (Å²) in [5.41, 5.74) is 0.909. The van der Waals surface area contributed by atoms with E-state index in [9.17, 15) is 8.78 Å². The lowest BCUT2D eigenvalue weighted by Crippen LogP contribution is -2.02. The van der Waals surface area contributed by atoms with E-state index in [2.05, 4.69) is 4.74 Å². The summed E-state index contributed by atoms with van der Waals surface area (Å²) in [7, 11) is 0. The zero-order chi connectivity index (χ0) is 10.8. The molecule has 0 aliphatic rings. The molecular formula is C10H12F2O. The van der Waals surface area contributed by atoms with Crippen LogP contribution in [-0.2, 0) is 0 Å². The van der Waals surface area contributed by atoms with Gasteiger partial charge >= 0.3 is 6.59 Å². The Morgan fingerprint density at radius 1 is 1.38 bits per heavy atom. The Morgan fingerprint density at radius 3 is 2.62 bits per heavy atom. The molecule has 3 heteroatoms. The molecule has 0 heterocycles. The molecule has 1 nitrogen and oxygen atoms in total. The largest absolute Gasteiger partial charge is 0.435 e. The minimum absolute atomic E-state index is 0.0243. The Morgan fingerprint density at radius 2 is 2.08 bits per heavy atom. The molecule has 0 unspecified atom stereocenters. The molecule has 0 atom stereocenters. The summed E-state index contributed by atoms with van der Waals surface area (Å²) in [5, 5.41) is 0. The van der Waals surface area contributed by atoms with E-state index >= 15 is 0 Å². The van der Waals surface area contributed by atoms with Crippen LogP contribution in [0.25, 0.3) is 0 Å². The number of hydrogen-bond acceptors (Lipinski definition) is 1. The summed E-state index contributed by atoms with van der Waals surface area (Å²) in [5.74, 6) is 0.272. The Balaban J connectivity index is 2.84. The van der Waals surface area contributed by atoms with Crippen molar-refractivity contribution in [1.29, 1.82) is 0 Å². The van der Waals surface area contributed by atoms with Gasteiger partial charge in [-0.05, 0) is 23.6 Å². The first-order valence-electron chi connectivity index (χ1n) is 4.55. The van der Waals surface area contributed by atoms with E-state index in [0.717, 1.165) is 5.56 Å². The van der Waals surface area contributed by atoms with Crippen molar-refractivity contribution in [2.24, 2.45) is 0 Å². The molecule has 0 fully saturated rings. The monoisotopic (exact) mass is 187 g/mol. The van der Waals surface area contributed by atoms with Crippen molar-refractivity contribution in [3.8, 4) is 5.75 Å². The molecule has 0 aliphatic heterocycles. The summed E-state index contributed by atoms with van der Waals surface area (Å²) in [6, 6.07) is 6.40. The average molecular weight is 187 g/mol. The molecule has 1 aromatic carbocycles. The van der Waals surface area contributed by atoms with E-state index in [1.807, 2.05) is 19.9 Å². The van der Waals surface area contributed by atoms with Gasteiger partial charge in [0.1, 0.15) is 5.75 Å². The fourth-order valence-electron chi connectivity index (χ4n) is 1.03. The molecule has 1 aromatic rings. The molecule has 0 radical (unpaired) electrons. The van der Waals surface area contributed by atoms with Crippen LogP contribution in [0.15, 0.2) is 24.3 Å². The Bertz CT molecular complexity index is 307. The second kappa shape index (κ2) is 4.21. The van der Waals surface area contributed by atoms with Crippen molar-refractivity contribution >= 4 is 0 Å². The molecule has 0 aliphatic carbocycles. The predicted octanol–water partition coefficient (Wildman–Crippen LogP) is 3.41. The molecular weight excluding hydrogens is 174 g/mol. The molecule has 72 valence electrons. The van der Waals surface area contributed by atoms with Crippen LogP contribution >= 0.6 is 0 Å². The lowest BCUT2D eigenvalue weighted by atomic mass is 10.0. The third-order valence-corrected chi connectivity index (χ3v) is 1.72. The fraction of sp³-hybridized carbons (Fsp3) is 0.400. The maximum atomic E-state index is 12.2. The van der Waals surface area contributed by atoms with E-state index in [1.165, 1.54) is 12.1 Å². The first kappa shape index (κ1) is 8.48. The highest BCUT2D eigenvalue weighted by Crippen LogP contribution is 2.21. The molecule has 0 aromatic heterocycles. The third kappa shape index (κ3) is 3.01. The zero-order valence-electron chi connectivity index (χ0n) is 8.55. The molecule has 0 spiro atoms. The van der Waals surface area contributed by atoms with Crippen molar-refractivity contribution in [3.63, 3.8) is 0 Å². The van der Waals surface area contributed by atoms with E-state index in [-0.39, 0.29) is 11.7 Å². The van der Waals surface area contributed by atoms with E-state index in [1.54, 1.807) is 6.07 Å². The molecule has 0 bridgehead atoms. The number of hydrogen-bond donors (Lipinski definition) is 0. The summed E-state index contributed by atoms with van der Waals surface area (Å²) in [6.07, 6.45) is 0. The average Bonchev–Trinajstić information content (AvgIpc) is 2.01. The quantitative estimate of drug-likeness (QED) is 0.704. The highest BCUT2D eigenvalue weighted by molar-refractivity contribution is 5.30. The van der Waals surface area contributed by atoms with Crippen molar-refractivity contribution in [1.82, 2.24) is 0 Å². The standard InChI is InChI=1S/C10H12F2O/c1-7(2)8-4-3-5-9(6-8)13-10(11)12/h3-7,10H,1-2H3/i10D. The lowest BCUT2D eigenvalue weighted by Gasteiger charge is -2.08. The maximum absolute atomic E-state index is 12.2. The summed E-state index contributed by atoms with van der Waals surface area (Å²) >= 11 is 0. The van der Waals surface area contributed by atoms with Crippen molar-refractivity contribution in [2.45, 2.75) is 26.4 Å². The highest BCUT2D eigenvalue weighted by atomic mass is 19.3. The van der Waals surface area contributed by atoms with Gasteiger partial charge in [-0.25, -0.2) is 0 Å². The Kier molecular flexibility index (Phi) is 2.75. The van der Waals surface area contributed by atoms with E-state index in [4.69, 9.17) is 1.37 Å². The van der Waals surface area contributed by atoms with Crippen molar-refractivity contribution in [2.75, 3.05) is 0 Å². The number of ether oxygens (including phenoxy) is 1.